The summed E-state index contributed by atoms with van der Waals surface area (Å²) in [5, 5.41) is 13.3. The molecule has 0 heterocycles. The lowest BCUT2D eigenvalue weighted by Crippen LogP contribution is -2.30. The zero-order chi connectivity index (χ0) is 19.3. The highest BCUT2D eigenvalue weighted by Crippen LogP contribution is 2.15. The molecule has 0 aliphatic rings. The smallest absolute Gasteiger partial charge is 0.339 e. The first-order valence-electron chi connectivity index (χ1n) is 7.65. The van der Waals surface area contributed by atoms with Crippen LogP contribution in [0.4, 0.5) is 11.4 Å². The summed E-state index contributed by atoms with van der Waals surface area (Å²) < 4.78 is 5.04. The van der Waals surface area contributed by atoms with Crippen LogP contribution in [0.5, 0.6) is 0 Å². The van der Waals surface area contributed by atoms with Crippen LogP contribution in [-0.4, -0.2) is 28.7 Å². The monoisotopic (exact) mass is 356 g/mol. The molecule has 2 aromatic rings. The van der Waals surface area contributed by atoms with E-state index in [0.717, 1.165) is 6.07 Å². The number of nitro groups is 1. The Balaban J connectivity index is 1.99. The molecule has 0 aliphatic carbocycles. The zero-order valence-corrected chi connectivity index (χ0v) is 14.1. The topological polar surface area (TPSA) is 116 Å². The molecule has 2 aromatic carbocycles. The van der Waals surface area contributed by atoms with Gasteiger partial charge < -0.3 is 10.1 Å². The number of anilines is 1. The fourth-order valence-corrected chi connectivity index (χ4v) is 2.06. The zero-order valence-electron chi connectivity index (χ0n) is 14.1. The number of rotatable bonds is 6. The molecule has 0 aliphatic heterocycles. The molecule has 0 unspecified atom stereocenters. The van der Waals surface area contributed by atoms with E-state index in [2.05, 4.69) is 5.32 Å². The molecule has 0 saturated carbocycles. The minimum atomic E-state index is -1.12. The first-order valence-corrected chi connectivity index (χ1v) is 7.65. The van der Waals surface area contributed by atoms with Crippen molar-refractivity contribution in [2.45, 2.75) is 20.0 Å². The highest BCUT2D eigenvalue weighted by Gasteiger charge is 2.20. The molecule has 0 radical (unpaired) electrons. The second-order valence-corrected chi connectivity index (χ2v) is 5.48. The predicted molar refractivity (Wildman–Crippen MR) is 93.1 cm³/mol. The molecular formula is C18H16N2O6. The van der Waals surface area contributed by atoms with Crippen LogP contribution in [0.15, 0.2) is 48.5 Å². The Hall–Kier alpha value is -3.55. The summed E-state index contributed by atoms with van der Waals surface area (Å²) in [6, 6.07) is 11.3. The number of nitrogens with zero attached hydrogens (tertiary/aromatic N) is 1. The van der Waals surface area contributed by atoms with Crippen molar-refractivity contribution in [3.63, 3.8) is 0 Å². The highest BCUT2D eigenvalue weighted by molar-refractivity contribution is 5.98. The summed E-state index contributed by atoms with van der Waals surface area (Å²) in [6.07, 6.45) is -1.12. The second kappa shape index (κ2) is 8.02. The van der Waals surface area contributed by atoms with E-state index >= 15 is 0 Å². The molecule has 1 N–H and O–H groups in total. The van der Waals surface area contributed by atoms with Gasteiger partial charge in [-0.25, -0.2) is 4.79 Å². The third-order valence-electron chi connectivity index (χ3n) is 3.50. The maximum absolute atomic E-state index is 12.1. The first kappa shape index (κ1) is 18.8. The number of hydrogen-bond donors (Lipinski definition) is 1. The number of carbonyl (C=O) groups excluding carboxylic acids is 3. The largest absolute Gasteiger partial charge is 0.449 e. The number of nitro benzene ring substituents is 1. The molecule has 0 saturated heterocycles. The number of Topliss-reactive ketones (excluding diaryl/α,β-unsaturated/α-hetero) is 1. The maximum atomic E-state index is 12.1. The molecule has 26 heavy (non-hydrogen) atoms. The second-order valence-electron chi connectivity index (χ2n) is 5.48. The van der Waals surface area contributed by atoms with E-state index in [9.17, 15) is 24.5 Å². The van der Waals surface area contributed by atoms with Crippen LogP contribution in [0.1, 0.15) is 34.6 Å². The van der Waals surface area contributed by atoms with Crippen LogP contribution in [0, 0.1) is 10.1 Å². The van der Waals surface area contributed by atoms with Gasteiger partial charge in [0.2, 0.25) is 0 Å². The van der Waals surface area contributed by atoms with Gasteiger partial charge in [0.15, 0.2) is 11.9 Å². The molecule has 8 nitrogen and oxygen atoms in total. The lowest BCUT2D eigenvalue weighted by molar-refractivity contribution is -0.384. The van der Waals surface area contributed by atoms with E-state index in [4.69, 9.17) is 4.74 Å². The van der Waals surface area contributed by atoms with Crippen LogP contribution in [0.25, 0.3) is 0 Å². The van der Waals surface area contributed by atoms with Crippen LogP contribution in [0.3, 0.4) is 0 Å². The van der Waals surface area contributed by atoms with Crippen molar-refractivity contribution in [2.24, 2.45) is 0 Å². The number of amides is 1. The number of nitrogens with one attached hydrogen (secondary N) is 1. The van der Waals surface area contributed by atoms with Crippen molar-refractivity contribution >= 4 is 29.0 Å². The summed E-state index contributed by atoms with van der Waals surface area (Å²) in [4.78, 5) is 45.5. The molecule has 0 spiro atoms. The third kappa shape index (κ3) is 4.73. The van der Waals surface area contributed by atoms with E-state index in [1.165, 1.54) is 32.0 Å². The van der Waals surface area contributed by atoms with Gasteiger partial charge in [0, 0.05) is 23.4 Å². The summed E-state index contributed by atoms with van der Waals surface area (Å²) in [5.41, 5.74) is 0.679. The van der Waals surface area contributed by atoms with Crippen molar-refractivity contribution < 1.29 is 24.0 Å². The Morgan fingerprint density at radius 2 is 1.73 bits per heavy atom. The molecule has 1 amide bonds. The number of non-ortho nitro benzene ring substituents is 1. The van der Waals surface area contributed by atoms with E-state index in [1.807, 2.05) is 0 Å². The normalized spacial score (nSPS) is 11.3. The lowest BCUT2D eigenvalue weighted by atomic mass is 10.1. The van der Waals surface area contributed by atoms with Gasteiger partial charge in [-0.3, -0.25) is 19.7 Å². The predicted octanol–water partition coefficient (Wildman–Crippen LogP) is 2.98. The van der Waals surface area contributed by atoms with Gasteiger partial charge in [0.25, 0.3) is 11.6 Å². The molecule has 0 aromatic heterocycles. The van der Waals surface area contributed by atoms with Gasteiger partial charge >= 0.3 is 5.97 Å². The Labute approximate surface area is 148 Å². The number of esters is 1. The molecule has 1 atom stereocenters. The first-order chi connectivity index (χ1) is 12.3. The van der Waals surface area contributed by atoms with Gasteiger partial charge in [-0.1, -0.05) is 6.07 Å². The van der Waals surface area contributed by atoms with Crippen molar-refractivity contribution in [2.75, 3.05) is 5.32 Å². The fraction of sp³-hybridized carbons (Fsp3) is 0.167. The SMILES string of the molecule is CC(=O)c1ccc(NC(=O)[C@@H](C)OC(=O)c2cccc([N+](=O)[O-])c2)cc1. The molecule has 0 fully saturated rings. The van der Waals surface area contributed by atoms with Crippen LogP contribution in [0.2, 0.25) is 0 Å². The van der Waals surface area contributed by atoms with Crippen molar-refractivity contribution in [1.29, 1.82) is 0 Å². The Morgan fingerprint density at radius 1 is 1.08 bits per heavy atom. The average Bonchev–Trinajstić information content (AvgIpc) is 2.62. The minimum absolute atomic E-state index is 0.0235. The number of ketones is 1. The number of carbonyl (C=O) groups is 3. The minimum Gasteiger partial charge on any atom is -0.449 e. The van der Waals surface area contributed by atoms with Crippen LogP contribution >= 0.6 is 0 Å². The average molecular weight is 356 g/mol. The van der Waals surface area contributed by atoms with Crippen LogP contribution < -0.4 is 5.32 Å². The van der Waals surface area contributed by atoms with E-state index < -0.39 is 22.9 Å². The van der Waals surface area contributed by atoms with Gasteiger partial charge in [-0.15, -0.1) is 0 Å². The molecule has 0 bridgehead atoms. The third-order valence-corrected chi connectivity index (χ3v) is 3.50. The van der Waals surface area contributed by atoms with Gasteiger partial charge in [-0.05, 0) is 44.2 Å². The molecule has 134 valence electrons. The lowest BCUT2D eigenvalue weighted by Gasteiger charge is -2.13. The number of ether oxygens (including phenoxy) is 1. The van der Waals surface area contributed by atoms with Gasteiger partial charge in [-0.2, -0.15) is 0 Å². The Morgan fingerprint density at radius 3 is 2.31 bits per heavy atom. The highest BCUT2D eigenvalue weighted by atomic mass is 16.6. The number of hydrogen-bond acceptors (Lipinski definition) is 6. The molecule has 8 heteroatoms. The summed E-state index contributed by atoms with van der Waals surface area (Å²) >= 11 is 0. The van der Waals surface area contributed by atoms with Crippen molar-refractivity contribution in [3.05, 3.63) is 69.8 Å². The fourth-order valence-electron chi connectivity index (χ4n) is 2.06. The molecule has 2 rings (SSSR count). The molecular weight excluding hydrogens is 340 g/mol. The quantitative estimate of drug-likeness (QED) is 0.368. The van der Waals surface area contributed by atoms with Gasteiger partial charge in [0.1, 0.15) is 0 Å². The summed E-state index contributed by atoms with van der Waals surface area (Å²) in [6.45, 7) is 2.82. The Bertz CT molecular complexity index is 860. The van der Waals surface area contributed by atoms with Crippen LogP contribution in [-0.2, 0) is 9.53 Å². The van der Waals surface area contributed by atoms with E-state index in [0.29, 0.717) is 11.3 Å². The van der Waals surface area contributed by atoms with Crippen molar-refractivity contribution in [1.82, 2.24) is 0 Å². The standard InChI is InChI=1S/C18H16N2O6/c1-11(21)13-6-8-15(9-7-13)19-17(22)12(2)26-18(23)14-4-3-5-16(10-14)20(24)25/h3-10,12H,1-2H3,(H,19,22)/t12-/m1/s1. The van der Waals surface area contributed by atoms with E-state index in [1.54, 1.807) is 24.3 Å². The number of benzene rings is 2. The maximum Gasteiger partial charge on any atom is 0.339 e. The van der Waals surface area contributed by atoms with E-state index in [-0.39, 0.29) is 17.0 Å². The Kier molecular flexibility index (Phi) is 5.79. The van der Waals surface area contributed by atoms with Gasteiger partial charge in [0.05, 0.1) is 10.5 Å². The van der Waals surface area contributed by atoms with Crippen molar-refractivity contribution in [3.8, 4) is 0 Å². The summed E-state index contributed by atoms with van der Waals surface area (Å²) in [5.74, 6) is -1.51. The summed E-state index contributed by atoms with van der Waals surface area (Å²) in [7, 11) is 0.